The number of nitrogens with zero attached hydrogens (tertiary/aromatic N) is 1. The van der Waals surface area contributed by atoms with Gasteiger partial charge in [0.2, 0.25) is 0 Å². The van der Waals surface area contributed by atoms with Gasteiger partial charge in [0.05, 0.1) is 10.7 Å². The van der Waals surface area contributed by atoms with Gasteiger partial charge in [0.15, 0.2) is 6.61 Å². The molecule has 0 fully saturated rings. The van der Waals surface area contributed by atoms with Gasteiger partial charge < -0.3 is 14.9 Å². The minimum Gasteiger partial charge on any atom is -0.508 e. The Kier molecular flexibility index (Phi) is 6.26. The number of benzene rings is 2. The Morgan fingerprint density at radius 3 is 2.58 bits per heavy atom. The molecule has 0 unspecified atom stereocenters. The van der Waals surface area contributed by atoms with E-state index < -0.39 is 5.91 Å². The van der Waals surface area contributed by atoms with Crippen LogP contribution in [0.4, 0.5) is 0 Å². The smallest absolute Gasteiger partial charge is 0.277 e. The number of carbonyl (C=O) groups excluding carboxylic acids is 1. The number of amides is 1. The van der Waals surface area contributed by atoms with Crippen LogP contribution < -0.4 is 10.2 Å². The maximum Gasteiger partial charge on any atom is 0.277 e. The van der Waals surface area contributed by atoms with E-state index in [1.807, 2.05) is 18.2 Å². The first kappa shape index (κ1) is 19.8. The van der Waals surface area contributed by atoms with E-state index in [1.54, 1.807) is 0 Å². The second-order valence-corrected chi connectivity index (χ2v) is 7.57. The lowest BCUT2D eigenvalue weighted by Crippen LogP contribution is -2.24. The molecule has 0 aliphatic carbocycles. The predicted octanol–water partition coefficient (Wildman–Crippen LogP) is 3.69. The average molecular weight is 421 g/mol. The molecule has 0 aliphatic rings. The summed E-state index contributed by atoms with van der Waals surface area (Å²) in [7, 11) is 0. The molecule has 0 aliphatic heterocycles. The summed E-state index contributed by atoms with van der Waals surface area (Å²) in [6.45, 7) is 6.15. The Morgan fingerprint density at radius 2 is 1.96 bits per heavy atom. The summed E-state index contributed by atoms with van der Waals surface area (Å²) in [6.07, 6.45) is 1.28. The highest BCUT2D eigenvalue weighted by molar-refractivity contribution is 9.10. The van der Waals surface area contributed by atoms with Crippen molar-refractivity contribution in [3.05, 3.63) is 52.0 Å². The molecule has 26 heavy (non-hydrogen) atoms. The van der Waals surface area contributed by atoms with Gasteiger partial charge in [-0.05, 0) is 51.2 Å². The van der Waals surface area contributed by atoms with Crippen LogP contribution in [0.2, 0.25) is 0 Å². The molecule has 0 bridgehead atoms. The number of aromatic hydroxyl groups is 2. The number of nitrogens with one attached hydrogen (secondary N) is 1. The van der Waals surface area contributed by atoms with Gasteiger partial charge in [-0.25, -0.2) is 5.43 Å². The molecule has 138 valence electrons. The number of hydrogen-bond acceptors (Lipinski definition) is 5. The number of hydrazone groups is 1. The fourth-order valence-electron chi connectivity index (χ4n) is 2.08. The molecule has 0 heterocycles. The molecular weight excluding hydrogens is 400 g/mol. The molecular formula is C19H21BrN2O4. The number of hydrogen-bond donors (Lipinski definition) is 3. The molecule has 2 aromatic rings. The lowest BCUT2D eigenvalue weighted by Gasteiger charge is -2.20. The van der Waals surface area contributed by atoms with Gasteiger partial charge in [-0.15, -0.1) is 0 Å². The first-order valence-corrected chi connectivity index (χ1v) is 8.73. The summed E-state index contributed by atoms with van der Waals surface area (Å²) in [4.78, 5) is 11.8. The van der Waals surface area contributed by atoms with Crippen LogP contribution in [0.25, 0.3) is 0 Å². The van der Waals surface area contributed by atoms with Crippen LogP contribution in [-0.4, -0.2) is 28.9 Å². The maximum atomic E-state index is 11.8. The number of carbonyl (C=O) groups is 1. The van der Waals surface area contributed by atoms with Gasteiger partial charge in [-0.2, -0.15) is 5.10 Å². The molecule has 0 atom stereocenters. The fourth-order valence-corrected chi connectivity index (χ4v) is 2.57. The summed E-state index contributed by atoms with van der Waals surface area (Å²) < 4.78 is 6.27. The van der Waals surface area contributed by atoms with Crippen LogP contribution in [0.15, 0.2) is 46.0 Å². The fraction of sp³-hybridized carbons (Fsp3) is 0.263. The van der Waals surface area contributed by atoms with Crippen LogP contribution in [0, 0.1) is 0 Å². The van der Waals surface area contributed by atoms with Gasteiger partial charge in [-0.1, -0.05) is 26.8 Å². The Hall–Kier alpha value is -2.54. The van der Waals surface area contributed by atoms with Gasteiger partial charge in [0.1, 0.15) is 17.2 Å². The first-order valence-electron chi connectivity index (χ1n) is 7.93. The highest BCUT2D eigenvalue weighted by Gasteiger charge is 2.15. The van der Waals surface area contributed by atoms with E-state index in [-0.39, 0.29) is 23.5 Å². The van der Waals surface area contributed by atoms with E-state index in [4.69, 9.17) is 4.74 Å². The molecule has 1 amide bonds. The van der Waals surface area contributed by atoms with Crippen LogP contribution >= 0.6 is 15.9 Å². The SMILES string of the molecule is CC(C)(C)c1ccc(OCC(=O)N/N=C/c2ccc(O)cc2O)c(Br)c1. The maximum absolute atomic E-state index is 11.8. The molecule has 0 saturated heterocycles. The number of rotatable bonds is 5. The van der Waals surface area contributed by atoms with E-state index in [0.717, 1.165) is 10.0 Å². The minimum absolute atomic E-state index is 0.0208. The molecule has 2 aromatic carbocycles. The summed E-state index contributed by atoms with van der Waals surface area (Å²) in [6, 6.07) is 9.82. The Morgan fingerprint density at radius 1 is 1.23 bits per heavy atom. The zero-order valence-corrected chi connectivity index (χ0v) is 16.4. The summed E-state index contributed by atoms with van der Waals surface area (Å²) in [5.74, 6) is -0.0677. The topological polar surface area (TPSA) is 91.2 Å². The second kappa shape index (κ2) is 8.23. The molecule has 0 radical (unpaired) electrons. The lowest BCUT2D eigenvalue weighted by molar-refractivity contribution is -0.123. The Bertz CT molecular complexity index is 829. The van der Waals surface area contributed by atoms with Crippen molar-refractivity contribution in [2.45, 2.75) is 26.2 Å². The molecule has 2 rings (SSSR count). The van der Waals surface area contributed by atoms with Crippen molar-refractivity contribution in [2.75, 3.05) is 6.61 Å². The Labute approximate surface area is 160 Å². The van der Waals surface area contributed by atoms with Crippen molar-refractivity contribution in [3.63, 3.8) is 0 Å². The highest BCUT2D eigenvalue weighted by atomic mass is 79.9. The van der Waals surface area contributed by atoms with Crippen molar-refractivity contribution >= 4 is 28.1 Å². The van der Waals surface area contributed by atoms with Crippen molar-refractivity contribution in [3.8, 4) is 17.2 Å². The number of ether oxygens (including phenoxy) is 1. The monoisotopic (exact) mass is 420 g/mol. The van der Waals surface area contributed by atoms with Crippen LogP contribution in [0.1, 0.15) is 31.9 Å². The predicted molar refractivity (Wildman–Crippen MR) is 104 cm³/mol. The van der Waals surface area contributed by atoms with E-state index in [2.05, 4.69) is 47.2 Å². The van der Waals surface area contributed by atoms with E-state index in [1.165, 1.54) is 24.4 Å². The third-order valence-electron chi connectivity index (χ3n) is 3.56. The molecule has 0 spiro atoms. The number of phenolic OH excluding ortho intramolecular Hbond substituents is 2. The average Bonchev–Trinajstić information content (AvgIpc) is 2.55. The quantitative estimate of drug-likeness (QED) is 0.508. The minimum atomic E-state index is -0.439. The molecule has 3 N–H and O–H groups in total. The number of phenols is 2. The molecule has 7 heteroatoms. The van der Waals surface area contributed by atoms with E-state index in [0.29, 0.717) is 11.3 Å². The zero-order chi connectivity index (χ0) is 19.3. The third kappa shape index (κ3) is 5.49. The third-order valence-corrected chi connectivity index (χ3v) is 4.18. The van der Waals surface area contributed by atoms with Gasteiger partial charge in [0, 0.05) is 11.6 Å². The first-order chi connectivity index (χ1) is 12.2. The standard InChI is InChI=1S/C19H21BrN2O4/c1-19(2,3)13-5-7-17(15(20)8-13)26-11-18(25)22-21-10-12-4-6-14(23)9-16(12)24/h4-10,23-24H,11H2,1-3H3,(H,22,25)/b21-10+. The zero-order valence-electron chi connectivity index (χ0n) is 14.8. The summed E-state index contributed by atoms with van der Waals surface area (Å²) in [5, 5.41) is 22.6. The summed E-state index contributed by atoms with van der Waals surface area (Å²) in [5.41, 5.74) is 3.85. The van der Waals surface area contributed by atoms with E-state index >= 15 is 0 Å². The van der Waals surface area contributed by atoms with Crippen LogP contribution in [0.3, 0.4) is 0 Å². The van der Waals surface area contributed by atoms with Gasteiger partial charge in [0.25, 0.3) is 5.91 Å². The number of halogens is 1. The normalized spacial score (nSPS) is 11.5. The largest absolute Gasteiger partial charge is 0.508 e. The van der Waals surface area contributed by atoms with Crippen molar-refractivity contribution in [1.29, 1.82) is 0 Å². The van der Waals surface area contributed by atoms with Crippen molar-refractivity contribution in [1.82, 2.24) is 5.43 Å². The van der Waals surface area contributed by atoms with Crippen LogP contribution in [0.5, 0.6) is 17.2 Å². The lowest BCUT2D eigenvalue weighted by atomic mass is 9.87. The van der Waals surface area contributed by atoms with Crippen LogP contribution in [-0.2, 0) is 10.2 Å². The summed E-state index contributed by atoms with van der Waals surface area (Å²) >= 11 is 3.45. The van der Waals surface area contributed by atoms with Crippen molar-refractivity contribution < 1.29 is 19.7 Å². The van der Waals surface area contributed by atoms with Gasteiger partial charge in [-0.3, -0.25) is 4.79 Å². The molecule has 0 aromatic heterocycles. The Balaban J connectivity index is 1.90. The highest BCUT2D eigenvalue weighted by Crippen LogP contribution is 2.31. The van der Waals surface area contributed by atoms with E-state index in [9.17, 15) is 15.0 Å². The van der Waals surface area contributed by atoms with Gasteiger partial charge >= 0.3 is 0 Å². The second-order valence-electron chi connectivity index (χ2n) is 6.72. The van der Waals surface area contributed by atoms with Crippen molar-refractivity contribution in [2.24, 2.45) is 5.10 Å². The molecule has 6 nitrogen and oxygen atoms in total. The molecule has 0 saturated carbocycles.